The van der Waals surface area contributed by atoms with Crippen molar-refractivity contribution in [3.8, 4) is 0 Å². The lowest BCUT2D eigenvalue weighted by atomic mass is 10.1. The van der Waals surface area contributed by atoms with E-state index in [0.717, 1.165) is 6.42 Å². The third kappa shape index (κ3) is 8.35. The van der Waals surface area contributed by atoms with E-state index in [1.165, 1.54) is 0 Å². The number of hydrogen-bond donors (Lipinski definition) is 2. The second kappa shape index (κ2) is 7.33. The number of urea groups is 1. The fourth-order valence-corrected chi connectivity index (χ4v) is 1.08. The number of nitrogens with one attached hydrogen (secondary N) is 1. The highest BCUT2D eigenvalue weighted by atomic mass is 35.5. The highest BCUT2D eigenvalue weighted by Crippen LogP contribution is 2.10. The van der Waals surface area contributed by atoms with Crippen molar-refractivity contribution in [2.75, 3.05) is 0 Å². The number of amides is 2. The van der Waals surface area contributed by atoms with Crippen LogP contribution < -0.4 is 11.1 Å². The summed E-state index contributed by atoms with van der Waals surface area (Å²) in [6, 6.07) is -1.36. The van der Waals surface area contributed by atoms with Crippen LogP contribution in [0.4, 0.5) is 4.79 Å². The van der Waals surface area contributed by atoms with E-state index in [2.05, 4.69) is 5.32 Å². The van der Waals surface area contributed by atoms with Crippen molar-refractivity contribution in [1.82, 2.24) is 5.32 Å². The normalized spacial score (nSPS) is 12.2. The van der Waals surface area contributed by atoms with Crippen LogP contribution in [-0.4, -0.2) is 23.6 Å². The van der Waals surface area contributed by atoms with Crippen LogP contribution in [0.2, 0.25) is 0 Å². The second-order valence-electron chi connectivity index (χ2n) is 4.38. The van der Waals surface area contributed by atoms with Crippen molar-refractivity contribution >= 4 is 24.4 Å². The summed E-state index contributed by atoms with van der Waals surface area (Å²) in [5.41, 5.74) is 4.41. The SMILES string of the molecule is CCC[C@H](NC(N)=O)C(=O)OC(C)(C)C.Cl. The highest BCUT2D eigenvalue weighted by molar-refractivity contribution is 5.85. The Balaban J connectivity index is 0. The molecular formula is C10H21ClN2O3. The zero-order chi connectivity index (χ0) is 12.1. The van der Waals surface area contributed by atoms with Gasteiger partial charge < -0.3 is 15.8 Å². The molecule has 0 unspecified atom stereocenters. The van der Waals surface area contributed by atoms with Crippen LogP contribution in [0.3, 0.4) is 0 Å². The minimum absolute atomic E-state index is 0. The number of hydrogen-bond acceptors (Lipinski definition) is 3. The van der Waals surface area contributed by atoms with Gasteiger partial charge in [0.05, 0.1) is 0 Å². The summed E-state index contributed by atoms with van der Waals surface area (Å²) in [5, 5.41) is 2.37. The number of halogens is 1. The number of rotatable bonds is 4. The van der Waals surface area contributed by atoms with Gasteiger partial charge in [-0.15, -0.1) is 12.4 Å². The lowest BCUT2D eigenvalue weighted by Crippen LogP contribution is -2.46. The van der Waals surface area contributed by atoms with Gasteiger partial charge in [-0.3, -0.25) is 0 Å². The maximum atomic E-state index is 11.6. The molecule has 2 amide bonds. The Hall–Kier alpha value is -0.970. The molecule has 0 radical (unpaired) electrons. The average molecular weight is 253 g/mol. The predicted octanol–water partition coefficient (Wildman–Crippen LogP) is 1.59. The Kier molecular flexibility index (Phi) is 7.98. The molecule has 0 spiro atoms. The summed E-state index contributed by atoms with van der Waals surface area (Å²) >= 11 is 0. The van der Waals surface area contributed by atoms with E-state index in [1.54, 1.807) is 20.8 Å². The Morgan fingerprint density at radius 1 is 1.38 bits per heavy atom. The van der Waals surface area contributed by atoms with Gasteiger partial charge in [0.25, 0.3) is 0 Å². The Labute approximate surface area is 103 Å². The van der Waals surface area contributed by atoms with Gasteiger partial charge in [0.2, 0.25) is 0 Å². The molecule has 96 valence electrons. The molecule has 0 rings (SSSR count). The molecule has 1 atom stereocenters. The predicted molar refractivity (Wildman–Crippen MR) is 64.5 cm³/mol. The first-order valence-electron chi connectivity index (χ1n) is 5.05. The average Bonchev–Trinajstić information content (AvgIpc) is 1.99. The van der Waals surface area contributed by atoms with Gasteiger partial charge >= 0.3 is 12.0 Å². The van der Waals surface area contributed by atoms with Gasteiger partial charge in [0.1, 0.15) is 11.6 Å². The van der Waals surface area contributed by atoms with Gasteiger partial charge in [-0.25, -0.2) is 9.59 Å². The first kappa shape index (κ1) is 17.4. The summed E-state index contributed by atoms with van der Waals surface area (Å²) < 4.78 is 5.14. The van der Waals surface area contributed by atoms with E-state index in [4.69, 9.17) is 10.5 Å². The second-order valence-corrected chi connectivity index (χ2v) is 4.38. The van der Waals surface area contributed by atoms with Gasteiger partial charge in [0.15, 0.2) is 0 Å². The summed E-state index contributed by atoms with van der Waals surface area (Å²) in [6.07, 6.45) is 1.29. The molecule has 16 heavy (non-hydrogen) atoms. The van der Waals surface area contributed by atoms with Crippen LogP contribution in [-0.2, 0) is 9.53 Å². The van der Waals surface area contributed by atoms with E-state index >= 15 is 0 Å². The number of carbonyl (C=O) groups is 2. The lowest BCUT2D eigenvalue weighted by Gasteiger charge is -2.23. The minimum Gasteiger partial charge on any atom is -0.458 e. The zero-order valence-corrected chi connectivity index (χ0v) is 11.0. The molecule has 3 N–H and O–H groups in total. The monoisotopic (exact) mass is 252 g/mol. The Morgan fingerprint density at radius 3 is 2.19 bits per heavy atom. The lowest BCUT2D eigenvalue weighted by molar-refractivity contribution is -0.157. The smallest absolute Gasteiger partial charge is 0.329 e. The maximum absolute atomic E-state index is 11.6. The molecule has 0 aromatic carbocycles. The first-order chi connectivity index (χ1) is 6.76. The van der Waals surface area contributed by atoms with Gasteiger partial charge in [-0.1, -0.05) is 13.3 Å². The topological polar surface area (TPSA) is 81.4 Å². The molecule has 0 aromatic rings. The quantitative estimate of drug-likeness (QED) is 0.746. The van der Waals surface area contributed by atoms with Crippen molar-refractivity contribution in [3.63, 3.8) is 0 Å². The maximum Gasteiger partial charge on any atom is 0.329 e. The molecule has 0 aliphatic heterocycles. The molecule has 0 aliphatic carbocycles. The van der Waals surface area contributed by atoms with E-state index in [9.17, 15) is 9.59 Å². The highest BCUT2D eigenvalue weighted by Gasteiger charge is 2.25. The van der Waals surface area contributed by atoms with Gasteiger partial charge in [0, 0.05) is 0 Å². The molecule has 0 heterocycles. The van der Waals surface area contributed by atoms with Crippen LogP contribution in [0.15, 0.2) is 0 Å². The largest absolute Gasteiger partial charge is 0.458 e. The van der Waals surface area contributed by atoms with Crippen molar-refractivity contribution in [2.45, 2.75) is 52.2 Å². The molecule has 0 saturated carbocycles. The molecule has 5 nitrogen and oxygen atoms in total. The zero-order valence-electron chi connectivity index (χ0n) is 10.2. The van der Waals surface area contributed by atoms with Crippen LogP contribution in [0.1, 0.15) is 40.5 Å². The third-order valence-corrected chi connectivity index (χ3v) is 1.59. The molecule has 0 aromatic heterocycles. The van der Waals surface area contributed by atoms with Crippen LogP contribution in [0.25, 0.3) is 0 Å². The number of carbonyl (C=O) groups excluding carboxylic acids is 2. The summed E-state index contributed by atoms with van der Waals surface area (Å²) in [5.74, 6) is -0.442. The fourth-order valence-electron chi connectivity index (χ4n) is 1.08. The number of primary amides is 1. The van der Waals surface area contributed by atoms with E-state index in [1.807, 2.05) is 6.92 Å². The number of esters is 1. The van der Waals surface area contributed by atoms with Crippen molar-refractivity contribution in [1.29, 1.82) is 0 Å². The minimum atomic E-state index is -0.709. The van der Waals surface area contributed by atoms with E-state index in [0.29, 0.717) is 6.42 Å². The fraction of sp³-hybridized carbons (Fsp3) is 0.800. The molecule has 0 aliphatic rings. The number of ether oxygens (including phenoxy) is 1. The van der Waals surface area contributed by atoms with Gasteiger partial charge in [-0.05, 0) is 27.2 Å². The Bertz CT molecular complexity index is 239. The van der Waals surface area contributed by atoms with Crippen LogP contribution >= 0.6 is 12.4 Å². The van der Waals surface area contributed by atoms with Crippen LogP contribution in [0, 0.1) is 0 Å². The van der Waals surface area contributed by atoms with Gasteiger partial charge in [-0.2, -0.15) is 0 Å². The van der Waals surface area contributed by atoms with E-state index < -0.39 is 23.6 Å². The third-order valence-electron chi connectivity index (χ3n) is 1.59. The van der Waals surface area contributed by atoms with Crippen molar-refractivity contribution in [3.05, 3.63) is 0 Å². The van der Waals surface area contributed by atoms with Crippen LogP contribution in [0.5, 0.6) is 0 Å². The first-order valence-corrected chi connectivity index (χ1v) is 5.05. The summed E-state index contributed by atoms with van der Waals surface area (Å²) in [6.45, 7) is 7.24. The van der Waals surface area contributed by atoms with Crippen molar-refractivity contribution < 1.29 is 14.3 Å². The number of nitrogens with two attached hydrogens (primary N) is 1. The van der Waals surface area contributed by atoms with E-state index in [-0.39, 0.29) is 12.4 Å². The summed E-state index contributed by atoms with van der Waals surface area (Å²) in [4.78, 5) is 22.2. The molecule has 0 fully saturated rings. The molecule has 0 saturated heterocycles. The summed E-state index contributed by atoms with van der Waals surface area (Å²) in [7, 11) is 0. The molecule has 6 heteroatoms. The molecular weight excluding hydrogens is 232 g/mol. The standard InChI is InChI=1S/C10H20N2O3.ClH/c1-5-6-7(12-9(11)14)8(13)15-10(2,3)4;/h7H,5-6H2,1-4H3,(H3,11,12,14);1H/t7-;/m0./s1. The Morgan fingerprint density at radius 2 is 1.88 bits per heavy atom. The van der Waals surface area contributed by atoms with Crippen molar-refractivity contribution in [2.24, 2.45) is 5.73 Å². The molecule has 0 bridgehead atoms.